The predicted molar refractivity (Wildman–Crippen MR) is 92.9 cm³/mol. The van der Waals surface area contributed by atoms with Crippen molar-refractivity contribution >= 4 is 22.9 Å². The number of pyridine rings is 1. The third-order valence-corrected chi connectivity index (χ3v) is 5.78. The largest absolute Gasteiger partial charge is 0.353 e. The molecule has 138 valence electrons. The van der Waals surface area contributed by atoms with Crippen molar-refractivity contribution < 1.29 is 13.6 Å². The molecule has 2 fully saturated rings. The van der Waals surface area contributed by atoms with Crippen LogP contribution in [-0.4, -0.2) is 45.9 Å². The molecule has 8 heteroatoms. The van der Waals surface area contributed by atoms with Gasteiger partial charge in [-0.3, -0.25) is 9.78 Å². The highest BCUT2D eigenvalue weighted by Crippen LogP contribution is 2.53. The van der Waals surface area contributed by atoms with E-state index in [9.17, 15) is 13.6 Å². The molecule has 1 aliphatic heterocycles. The molecule has 2 aromatic heterocycles. The molecule has 3 unspecified atom stereocenters. The number of piperidine rings is 1. The molecule has 0 spiro atoms. The molecule has 0 bridgehead atoms. The van der Waals surface area contributed by atoms with Gasteiger partial charge in [0.2, 0.25) is 0 Å². The Hall–Kier alpha value is -2.38. The molecule has 2 aromatic rings. The van der Waals surface area contributed by atoms with Crippen LogP contribution in [0.2, 0.25) is 0 Å². The highest BCUT2D eigenvalue weighted by Gasteiger charge is 2.60. The lowest BCUT2D eigenvalue weighted by atomic mass is 9.52. The number of alkyl halides is 2. The van der Waals surface area contributed by atoms with E-state index >= 15 is 0 Å². The Balaban J connectivity index is 1.61. The van der Waals surface area contributed by atoms with Crippen molar-refractivity contribution in [3.8, 4) is 0 Å². The SMILES string of the molecule is CC1(C)C(NC(=O)C(F)F)C2CCCN(c3ccc4nccnc4n3)C21. The number of carbonyl (C=O) groups is 1. The first-order valence-corrected chi connectivity index (χ1v) is 8.82. The number of amides is 1. The summed E-state index contributed by atoms with van der Waals surface area (Å²) in [6.07, 6.45) is 2.10. The lowest BCUT2D eigenvalue weighted by molar-refractivity contribution is -0.138. The maximum atomic E-state index is 12.7. The molecule has 1 saturated heterocycles. The van der Waals surface area contributed by atoms with Gasteiger partial charge in [0, 0.05) is 42.4 Å². The second-order valence-electron chi connectivity index (χ2n) is 7.62. The van der Waals surface area contributed by atoms with Crippen molar-refractivity contribution in [3.05, 3.63) is 24.5 Å². The van der Waals surface area contributed by atoms with Crippen molar-refractivity contribution in [3.63, 3.8) is 0 Å². The minimum absolute atomic E-state index is 0.140. The number of rotatable bonds is 3. The predicted octanol–water partition coefficient (Wildman–Crippen LogP) is 2.40. The van der Waals surface area contributed by atoms with Gasteiger partial charge in [0.25, 0.3) is 5.91 Å². The molecule has 0 radical (unpaired) electrons. The van der Waals surface area contributed by atoms with Gasteiger partial charge in [-0.1, -0.05) is 13.8 Å². The van der Waals surface area contributed by atoms with Crippen LogP contribution in [0.15, 0.2) is 24.5 Å². The average molecular weight is 361 g/mol. The summed E-state index contributed by atoms with van der Waals surface area (Å²) in [6, 6.07) is 3.72. The number of hydrogen-bond donors (Lipinski definition) is 1. The molecule has 4 rings (SSSR count). The van der Waals surface area contributed by atoms with E-state index in [0.717, 1.165) is 30.7 Å². The van der Waals surface area contributed by atoms with Crippen LogP contribution in [0.25, 0.3) is 11.2 Å². The molecule has 6 nitrogen and oxygen atoms in total. The summed E-state index contributed by atoms with van der Waals surface area (Å²) in [5, 5.41) is 2.55. The third kappa shape index (κ3) is 2.59. The van der Waals surface area contributed by atoms with Gasteiger partial charge in [-0.2, -0.15) is 8.78 Å². The molecule has 1 saturated carbocycles. The Kier molecular flexibility index (Phi) is 4.00. The number of hydrogen-bond acceptors (Lipinski definition) is 5. The number of fused-ring (bicyclic) bond motifs is 2. The van der Waals surface area contributed by atoms with Crippen molar-refractivity contribution in [2.24, 2.45) is 11.3 Å². The lowest BCUT2D eigenvalue weighted by Crippen LogP contribution is -2.75. The van der Waals surface area contributed by atoms with E-state index in [-0.39, 0.29) is 23.4 Å². The van der Waals surface area contributed by atoms with Crippen molar-refractivity contribution in [1.82, 2.24) is 20.3 Å². The van der Waals surface area contributed by atoms with Crippen LogP contribution in [-0.2, 0) is 4.79 Å². The summed E-state index contributed by atoms with van der Waals surface area (Å²) in [4.78, 5) is 26.9. The molecular weight excluding hydrogens is 340 g/mol. The number of anilines is 1. The fourth-order valence-corrected chi connectivity index (χ4v) is 4.72. The Labute approximate surface area is 150 Å². The molecule has 1 N–H and O–H groups in total. The van der Waals surface area contributed by atoms with Gasteiger partial charge in [-0.05, 0) is 25.0 Å². The molecule has 3 heterocycles. The number of aromatic nitrogens is 3. The van der Waals surface area contributed by atoms with Crippen molar-refractivity contribution in [2.45, 2.75) is 45.2 Å². The summed E-state index contributed by atoms with van der Waals surface area (Å²) in [5.41, 5.74) is 1.00. The molecule has 1 aliphatic carbocycles. The van der Waals surface area contributed by atoms with Crippen LogP contribution < -0.4 is 10.2 Å². The summed E-state index contributed by atoms with van der Waals surface area (Å²) in [5.74, 6) is -0.224. The first-order valence-electron chi connectivity index (χ1n) is 8.82. The number of halogens is 2. The minimum Gasteiger partial charge on any atom is -0.353 e. The van der Waals surface area contributed by atoms with Crippen LogP contribution in [0.1, 0.15) is 26.7 Å². The monoisotopic (exact) mass is 361 g/mol. The maximum absolute atomic E-state index is 12.7. The highest BCUT2D eigenvalue weighted by atomic mass is 19.3. The van der Waals surface area contributed by atoms with E-state index in [4.69, 9.17) is 0 Å². The van der Waals surface area contributed by atoms with E-state index in [1.165, 1.54) is 0 Å². The zero-order valence-corrected chi connectivity index (χ0v) is 14.7. The van der Waals surface area contributed by atoms with Crippen LogP contribution in [0.3, 0.4) is 0 Å². The zero-order chi connectivity index (χ0) is 18.5. The van der Waals surface area contributed by atoms with Crippen LogP contribution in [0.4, 0.5) is 14.6 Å². The second-order valence-corrected chi connectivity index (χ2v) is 7.62. The maximum Gasteiger partial charge on any atom is 0.315 e. The van der Waals surface area contributed by atoms with E-state index in [1.807, 2.05) is 26.0 Å². The van der Waals surface area contributed by atoms with Crippen LogP contribution >= 0.6 is 0 Å². The highest BCUT2D eigenvalue weighted by molar-refractivity contribution is 5.80. The van der Waals surface area contributed by atoms with Crippen molar-refractivity contribution in [2.75, 3.05) is 11.4 Å². The van der Waals surface area contributed by atoms with Gasteiger partial charge in [-0.15, -0.1) is 0 Å². The molecule has 3 atom stereocenters. The van der Waals surface area contributed by atoms with Gasteiger partial charge in [-0.25, -0.2) is 9.97 Å². The van der Waals surface area contributed by atoms with E-state index in [1.54, 1.807) is 12.4 Å². The first kappa shape index (κ1) is 17.1. The normalized spacial score (nSPS) is 27.1. The van der Waals surface area contributed by atoms with Gasteiger partial charge >= 0.3 is 6.43 Å². The number of carbonyl (C=O) groups excluding carboxylic acids is 1. The smallest absolute Gasteiger partial charge is 0.315 e. The van der Waals surface area contributed by atoms with E-state index in [2.05, 4.69) is 25.2 Å². The summed E-state index contributed by atoms with van der Waals surface area (Å²) in [6.45, 7) is 4.88. The minimum atomic E-state index is -2.98. The Morgan fingerprint density at radius 3 is 2.85 bits per heavy atom. The van der Waals surface area contributed by atoms with E-state index in [0.29, 0.717) is 5.65 Å². The Morgan fingerprint density at radius 1 is 1.31 bits per heavy atom. The molecule has 1 amide bonds. The average Bonchev–Trinajstić information content (AvgIpc) is 2.64. The zero-order valence-electron chi connectivity index (χ0n) is 14.7. The topological polar surface area (TPSA) is 71.0 Å². The van der Waals surface area contributed by atoms with Gasteiger partial charge in [0.1, 0.15) is 11.3 Å². The number of nitrogens with one attached hydrogen (secondary N) is 1. The molecule has 26 heavy (non-hydrogen) atoms. The number of nitrogens with zero attached hydrogens (tertiary/aromatic N) is 4. The summed E-state index contributed by atoms with van der Waals surface area (Å²) >= 11 is 0. The molecular formula is C18H21F2N5O. The standard InChI is InChI=1S/C18H21F2N5O/c1-18(2)13(24-17(26)15(19)20)10-4-3-9-25(14(10)18)12-6-5-11-16(23-12)22-8-7-21-11/h5-8,10,13-15H,3-4,9H2,1-2H3,(H,24,26). The molecule has 2 aliphatic rings. The summed E-state index contributed by atoms with van der Waals surface area (Å²) in [7, 11) is 0. The summed E-state index contributed by atoms with van der Waals surface area (Å²) < 4.78 is 25.3. The lowest BCUT2D eigenvalue weighted by Gasteiger charge is -2.64. The fourth-order valence-electron chi connectivity index (χ4n) is 4.72. The van der Waals surface area contributed by atoms with E-state index < -0.39 is 12.3 Å². The van der Waals surface area contributed by atoms with Crippen LogP contribution in [0, 0.1) is 11.3 Å². The quantitative estimate of drug-likeness (QED) is 0.909. The first-order chi connectivity index (χ1) is 12.4. The van der Waals surface area contributed by atoms with Gasteiger partial charge in [0.05, 0.1) is 0 Å². The Bertz CT molecular complexity index is 843. The fraction of sp³-hybridized carbons (Fsp3) is 0.556. The second kappa shape index (κ2) is 6.10. The van der Waals surface area contributed by atoms with Crippen LogP contribution in [0.5, 0.6) is 0 Å². The van der Waals surface area contributed by atoms with Crippen molar-refractivity contribution in [1.29, 1.82) is 0 Å². The third-order valence-electron chi connectivity index (χ3n) is 5.78. The van der Waals surface area contributed by atoms with Gasteiger partial charge in [0.15, 0.2) is 5.65 Å². The Morgan fingerprint density at radius 2 is 2.08 bits per heavy atom. The van der Waals surface area contributed by atoms with Gasteiger partial charge < -0.3 is 10.2 Å². The molecule has 0 aromatic carbocycles.